The number of carbonyl (C=O) groups is 1. The predicted molar refractivity (Wildman–Crippen MR) is 129 cm³/mol. The molecule has 3 rings (SSSR count). The van der Waals surface area contributed by atoms with Crippen molar-refractivity contribution in [1.29, 1.82) is 0 Å². The minimum Gasteiger partial charge on any atom is -0.378 e. The second-order valence-electron chi connectivity index (χ2n) is 9.67. The van der Waals surface area contributed by atoms with Crippen molar-refractivity contribution < 1.29 is 9.53 Å². The smallest absolute Gasteiger partial charge is 0.238 e. The molecule has 1 unspecified atom stereocenters. The molecule has 1 heterocycles. The van der Waals surface area contributed by atoms with Gasteiger partial charge in [0.15, 0.2) is 0 Å². The Hall–Kier alpha value is -2.37. The molecule has 1 aliphatic rings. The maximum absolute atomic E-state index is 12.5. The Morgan fingerprint density at radius 3 is 2.16 bits per heavy atom. The normalized spacial score (nSPS) is 15.7. The molecular formula is C26H37N3O2. The van der Waals surface area contributed by atoms with E-state index in [1.54, 1.807) is 0 Å². The number of carbonyl (C=O) groups excluding carboxylic acids is 1. The minimum absolute atomic E-state index is 0.0314. The van der Waals surface area contributed by atoms with E-state index in [2.05, 4.69) is 86.6 Å². The molecule has 1 amide bonds. The highest BCUT2D eigenvalue weighted by Crippen LogP contribution is 2.26. The van der Waals surface area contributed by atoms with Crippen LogP contribution in [0, 0.1) is 5.92 Å². The van der Waals surface area contributed by atoms with Gasteiger partial charge in [0.2, 0.25) is 5.91 Å². The lowest BCUT2D eigenvalue weighted by Crippen LogP contribution is -2.36. The highest BCUT2D eigenvalue weighted by Gasteiger charge is 2.19. The lowest BCUT2D eigenvalue weighted by Gasteiger charge is -2.29. The fourth-order valence-corrected chi connectivity index (χ4v) is 3.91. The molecule has 5 heteroatoms. The van der Waals surface area contributed by atoms with E-state index in [4.69, 9.17) is 4.74 Å². The number of morpholine rings is 1. The lowest BCUT2D eigenvalue weighted by atomic mass is 9.85. The van der Waals surface area contributed by atoms with Gasteiger partial charge in [-0.15, -0.1) is 0 Å². The molecule has 2 N–H and O–H groups in total. The number of amides is 1. The fourth-order valence-electron chi connectivity index (χ4n) is 3.91. The van der Waals surface area contributed by atoms with E-state index in [1.807, 2.05) is 12.1 Å². The molecule has 0 bridgehead atoms. The molecule has 2 aromatic rings. The molecule has 5 nitrogen and oxygen atoms in total. The van der Waals surface area contributed by atoms with Crippen LogP contribution in [-0.4, -0.2) is 38.8 Å². The van der Waals surface area contributed by atoms with Gasteiger partial charge in [-0.05, 0) is 46.7 Å². The molecule has 0 saturated carbocycles. The van der Waals surface area contributed by atoms with Crippen LogP contribution in [0.1, 0.15) is 51.8 Å². The third-order valence-corrected chi connectivity index (χ3v) is 5.81. The summed E-state index contributed by atoms with van der Waals surface area (Å²) in [5.74, 6) is 0.345. The Morgan fingerprint density at radius 1 is 1.00 bits per heavy atom. The summed E-state index contributed by atoms with van der Waals surface area (Å²) in [4.78, 5) is 14.8. The molecule has 168 valence electrons. The van der Waals surface area contributed by atoms with E-state index in [-0.39, 0.29) is 23.9 Å². The van der Waals surface area contributed by atoms with Crippen LogP contribution in [0.15, 0.2) is 48.5 Å². The van der Waals surface area contributed by atoms with E-state index < -0.39 is 0 Å². The van der Waals surface area contributed by atoms with Crippen molar-refractivity contribution >= 4 is 17.3 Å². The summed E-state index contributed by atoms with van der Waals surface area (Å²) < 4.78 is 5.41. The van der Waals surface area contributed by atoms with Crippen molar-refractivity contribution in [3.63, 3.8) is 0 Å². The third-order valence-electron chi connectivity index (χ3n) is 5.81. The average Bonchev–Trinajstić information content (AvgIpc) is 2.74. The van der Waals surface area contributed by atoms with Crippen LogP contribution in [-0.2, 0) is 14.9 Å². The molecule has 0 aromatic heterocycles. The zero-order valence-electron chi connectivity index (χ0n) is 19.6. The third kappa shape index (κ3) is 6.55. The average molecular weight is 424 g/mol. The second kappa shape index (κ2) is 10.3. The Bertz CT molecular complexity index is 832. The molecule has 0 aliphatic carbocycles. The van der Waals surface area contributed by atoms with Crippen LogP contribution in [0.4, 0.5) is 11.4 Å². The van der Waals surface area contributed by atoms with E-state index >= 15 is 0 Å². The summed E-state index contributed by atoms with van der Waals surface area (Å²) >= 11 is 0. The zero-order chi connectivity index (χ0) is 22.4. The number of benzene rings is 2. The van der Waals surface area contributed by atoms with Crippen LogP contribution < -0.4 is 15.5 Å². The molecule has 1 atom stereocenters. The Balaban J connectivity index is 1.55. The summed E-state index contributed by atoms with van der Waals surface area (Å²) in [6.07, 6.45) is 0. The van der Waals surface area contributed by atoms with Crippen molar-refractivity contribution in [3.8, 4) is 0 Å². The lowest BCUT2D eigenvalue weighted by molar-refractivity contribution is -0.115. The van der Waals surface area contributed by atoms with Crippen LogP contribution in [0.3, 0.4) is 0 Å². The van der Waals surface area contributed by atoms with Crippen molar-refractivity contribution in [2.45, 2.75) is 46.1 Å². The topological polar surface area (TPSA) is 53.6 Å². The Labute approximate surface area is 187 Å². The maximum atomic E-state index is 12.5. The van der Waals surface area contributed by atoms with Crippen molar-refractivity contribution in [3.05, 3.63) is 59.7 Å². The summed E-state index contributed by atoms with van der Waals surface area (Å²) in [6.45, 7) is 14.6. The molecule has 0 radical (unpaired) electrons. The number of ether oxygens (including phenoxy) is 1. The van der Waals surface area contributed by atoms with Gasteiger partial charge in [-0.2, -0.15) is 0 Å². The predicted octanol–water partition coefficient (Wildman–Crippen LogP) is 4.75. The van der Waals surface area contributed by atoms with Gasteiger partial charge in [0.25, 0.3) is 0 Å². The van der Waals surface area contributed by atoms with Crippen LogP contribution >= 0.6 is 0 Å². The van der Waals surface area contributed by atoms with Gasteiger partial charge in [-0.25, -0.2) is 0 Å². The van der Waals surface area contributed by atoms with E-state index in [0.717, 1.165) is 37.7 Å². The first-order valence-corrected chi connectivity index (χ1v) is 11.3. The summed E-state index contributed by atoms with van der Waals surface area (Å²) in [6, 6.07) is 16.9. The second-order valence-corrected chi connectivity index (χ2v) is 9.67. The highest BCUT2D eigenvalue weighted by atomic mass is 16.5. The fraction of sp³-hybridized carbons (Fsp3) is 0.500. The van der Waals surface area contributed by atoms with Crippen molar-refractivity contribution in [1.82, 2.24) is 5.32 Å². The standard InChI is InChI=1S/C26H37N3O2/c1-19(2)25(20-6-8-21(9-7-20)26(3,4)5)27-18-24(30)28-22-10-12-23(13-11-22)29-14-16-31-17-15-29/h6-13,19,25,27H,14-18H2,1-5H3,(H,28,30). The van der Waals surface area contributed by atoms with E-state index in [1.165, 1.54) is 11.1 Å². The zero-order valence-corrected chi connectivity index (χ0v) is 19.6. The largest absolute Gasteiger partial charge is 0.378 e. The van der Waals surface area contributed by atoms with Gasteiger partial charge in [0.1, 0.15) is 0 Å². The molecule has 1 aliphatic heterocycles. The van der Waals surface area contributed by atoms with Crippen molar-refractivity contribution in [2.24, 2.45) is 5.92 Å². The quantitative estimate of drug-likeness (QED) is 0.675. The number of rotatable bonds is 7. The van der Waals surface area contributed by atoms with Gasteiger partial charge >= 0.3 is 0 Å². The number of nitrogens with one attached hydrogen (secondary N) is 2. The van der Waals surface area contributed by atoms with Gasteiger partial charge in [0.05, 0.1) is 19.8 Å². The minimum atomic E-state index is -0.0314. The molecule has 2 aromatic carbocycles. The van der Waals surface area contributed by atoms with Gasteiger partial charge in [-0.1, -0.05) is 58.9 Å². The van der Waals surface area contributed by atoms with Crippen LogP contribution in [0.2, 0.25) is 0 Å². The Morgan fingerprint density at radius 2 is 1.61 bits per heavy atom. The molecular weight excluding hydrogens is 386 g/mol. The first-order chi connectivity index (χ1) is 14.7. The van der Waals surface area contributed by atoms with Crippen LogP contribution in [0.25, 0.3) is 0 Å². The van der Waals surface area contributed by atoms with E-state index in [0.29, 0.717) is 5.92 Å². The highest BCUT2D eigenvalue weighted by molar-refractivity contribution is 5.92. The van der Waals surface area contributed by atoms with Gasteiger partial charge < -0.3 is 20.3 Å². The summed E-state index contributed by atoms with van der Waals surface area (Å²) in [5.41, 5.74) is 4.65. The SMILES string of the molecule is CC(C)C(NCC(=O)Nc1ccc(N2CCOCC2)cc1)c1ccc(C(C)(C)C)cc1. The van der Waals surface area contributed by atoms with Gasteiger partial charge in [0, 0.05) is 30.5 Å². The van der Waals surface area contributed by atoms with Crippen molar-refractivity contribution in [2.75, 3.05) is 43.1 Å². The van der Waals surface area contributed by atoms with Crippen LogP contribution in [0.5, 0.6) is 0 Å². The number of nitrogens with zero attached hydrogens (tertiary/aromatic N) is 1. The number of anilines is 2. The first kappa shape index (κ1) is 23.3. The summed E-state index contributed by atoms with van der Waals surface area (Å²) in [5, 5.41) is 6.44. The molecule has 1 saturated heterocycles. The first-order valence-electron chi connectivity index (χ1n) is 11.3. The monoisotopic (exact) mass is 423 g/mol. The number of hydrogen-bond donors (Lipinski definition) is 2. The van der Waals surface area contributed by atoms with Gasteiger partial charge in [-0.3, -0.25) is 4.79 Å². The molecule has 0 spiro atoms. The molecule has 1 fully saturated rings. The molecule has 31 heavy (non-hydrogen) atoms. The Kier molecular flexibility index (Phi) is 7.74. The maximum Gasteiger partial charge on any atom is 0.238 e. The van der Waals surface area contributed by atoms with E-state index in [9.17, 15) is 4.79 Å². The number of hydrogen-bond acceptors (Lipinski definition) is 4. The summed E-state index contributed by atoms with van der Waals surface area (Å²) in [7, 11) is 0.